The first-order valence-corrected chi connectivity index (χ1v) is 5.86. The first kappa shape index (κ1) is 12.0. The van der Waals surface area contributed by atoms with Gasteiger partial charge in [-0.3, -0.25) is 9.48 Å². The van der Waals surface area contributed by atoms with E-state index >= 15 is 0 Å². The molecular weight excluding hydrogens is 258 g/mol. The van der Waals surface area contributed by atoms with Gasteiger partial charge >= 0.3 is 0 Å². The molecule has 8 nitrogen and oxygen atoms in total. The van der Waals surface area contributed by atoms with Gasteiger partial charge in [-0.15, -0.1) is 5.10 Å². The van der Waals surface area contributed by atoms with Crippen molar-refractivity contribution in [3.05, 3.63) is 48.5 Å². The van der Waals surface area contributed by atoms with E-state index in [0.29, 0.717) is 11.3 Å². The zero-order valence-corrected chi connectivity index (χ0v) is 10.6. The normalized spacial score (nSPS) is 10.4. The third-order valence-electron chi connectivity index (χ3n) is 2.71. The number of aromatic nitrogens is 6. The monoisotopic (exact) mass is 269 g/mol. The number of nitrogens with zero attached hydrogens (tertiary/aromatic N) is 6. The van der Waals surface area contributed by atoms with Crippen LogP contribution in [0.3, 0.4) is 0 Å². The molecular formula is C12H11N7O. The minimum absolute atomic E-state index is 0.193. The Balaban J connectivity index is 1.75. The molecule has 100 valence electrons. The van der Waals surface area contributed by atoms with Gasteiger partial charge in [-0.2, -0.15) is 5.10 Å². The maximum atomic E-state index is 12.0. The lowest BCUT2D eigenvalue weighted by atomic mass is 10.2. The molecule has 2 aromatic heterocycles. The van der Waals surface area contributed by atoms with E-state index < -0.39 is 0 Å². The summed E-state index contributed by atoms with van der Waals surface area (Å²) in [4.78, 5) is 12.0. The average molecular weight is 269 g/mol. The number of carbonyl (C=O) groups is 1. The molecule has 20 heavy (non-hydrogen) atoms. The van der Waals surface area contributed by atoms with Gasteiger partial charge in [0, 0.05) is 18.8 Å². The number of hydrogen-bond donors (Lipinski definition) is 1. The predicted octanol–water partition coefficient (Wildman–Crippen LogP) is 0.648. The summed E-state index contributed by atoms with van der Waals surface area (Å²) in [6.45, 7) is 0. The molecule has 3 aromatic rings. The second-order valence-electron chi connectivity index (χ2n) is 4.16. The van der Waals surface area contributed by atoms with Crippen molar-refractivity contribution in [1.29, 1.82) is 0 Å². The van der Waals surface area contributed by atoms with Gasteiger partial charge in [0.2, 0.25) is 0 Å². The van der Waals surface area contributed by atoms with Crippen LogP contribution in [0.15, 0.2) is 43.0 Å². The predicted molar refractivity (Wildman–Crippen MR) is 70.3 cm³/mol. The molecule has 0 aliphatic rings. The fourth-order valence-electron chi connectivity index (χ4n) is 1.73. The molecule has 0 aliphatic heterocycles. The molecule has 0 radical (unpaired) electrons. The van der Waals surface area contributed by atoms with Crippen LogP contribution in [-0.4, -0.2) is 35.9 Å². The fraction of sp³-hybridized carbons (Fsp3) is 0.0833. The Labute approximate surface area is 114 Å². The lowest BCUT2D eigenvalue weighted by molar-refractivity contribution is 0.102. The molecule has 8 heteroatoms. The van der Waals surface area contributed by atoms with E-state index in [-0.39, 0.29) is 5.91 Å². The zero-order chi connectivity index (χ0) is 13.9. The van der Waals surface area contributed by atoms with Gasteiger partial charge in [-0.25, -0.2) is 4.68 Å². The highest BCUT2D eigenvalue weighted by atomic mass is 16.1. The van der Waals surface area contributed by atoms with Gasteiger partial charge in [0.05, 0.1) is 17.6 Å². The molecule has 0 aliphatic carbocycles. The Morgan fingerprint density at radius 3 is 2.65 bits per heavy atom. The van der Waals surface area contributed by atoms with Gasteiger partial charge < -0.3 is 5.32 Å². The maximum Gasteiger partial charge on any atom is 0.255 e. The van der Waals surface area contributed by atoms with Gasteiger partial charge in [-0.1, -0.05) is 0 Å². The number of hydrogen-bond acceptors (Lipinski definition) is 5. The maximum absolute atomic E-state index is 12.0. The lowest BCUT2D eigenvalue weighted by Gasteiger charge is -2.03. The molecule has 1 N–H and O–H groups in total. The Kier molecular flexibility index (Phi) is 2.96. The van der Waals surface area contributed by atoms with E-state index in [1.807, 2.05) is 0 Å². The topological polar surface area (TPSA) is 90.5 Å². The van der Waals surface area contributed by atoms with E-state index in [2.05, 4.69) is 25.9 Å². The highest BCUT2D eigenvalue weighted by Crippen LogP contribution is 2.10. The van der Waals surface area contributed by atoms with Crippen LogP contribution in [0, 0.1) is 0 Å². The molecule has 0 fully saturated rings. The third-order valence-corrected chi connectivity index (χ3v) is 2.71. The van der Waals surface area contributed by atoms with Gasteiger partial charge in [0.1, 0.15) is 6.33 Å². The van der Waals surface area contributed by atoms with E-state index in [0.717, 1.165) is 5.69 Å². The van der Waals surface area contributed by atoms with Gasteiger partial charge in [0.25, 0.3) is 5.91 Å². The first-order chi connectivity index (χ1) is 9.72. The second-order valence-corrected chi connectivity index (χ2v) is 4.16. The van der Waals surface area contributed by atoms with Crippen molar-refractivity contribution in [2.75, 3.05) is 5.32 Å². The minimum Gasteiger partial charge on any atom is -0.319 e. The lowest BCUT2D eigenvalue weighted by Crippen LogP contribution is -2.11. The number of rotatable bonds is 3. The molecule has 0 bridgehead atoms. The number of carbonyl (C=O) groups excluding carboxylic acids is 1. The quantitative estimate of drug-likeness (QED) is 0.753. The van der Waals surface area contributed by atoms with Crippen LogP contribution < -0.4 is 5.32 Å². The molecule has 0 saturated heterocycles. The van der Waals surface area contributed by atoms with Crippen LogP contribution in [0.2, 0.25) is 0 Å². The zero-order valence-electron chi connectivity index (χ0n) is 10.6. The summed E-state index contributed by atoms with van der Waals surface area (Å²) in [6, 6.07) is 6.97. The van der Waals surface area contributed by atoms with E-state index in [4.69, 9.17) is 0 Å². The van der Waals surface area contributed by atoms with E-state index in [1.54, 1.807) is 48.4 Å². The van der Waals surface area contributed by atoms with Crippen molar-refractivity contribution in [3.63, 3.8) is 0 Å². The van der Waals surface area contributed by atoms with Crippen LogP contribution in [0.4, 0.5) is 5.69 Å². The Morgan fingerprint density at radius 2 is 2.05 bits per heavy atom. The third kappa shape index (κ3) is 2.39. The van der Waals surface area contributed by atoms with Crippen LogP contribution in [-0.2, 0) is 7.05 Å². The molecule has 0 unspecified atom stereocenters. The average Bonchev–Trinajstić information content (AvgIpc) is 3.11. The molecule has 0 spiro atoms. The van der Waals surface area contributed by atoms with E-state index in [1.165, 1.54) is 11.0 Å². The number of aryl methyl sites for hydroxylation is 1. The summed E-state index contributed by atoms with van der Waals surface area (Å²) in [7, 11) is 1.79. The summed E-state index contributed by atoms with van der Waals surface area (Å²) in [5.41, 5.74) is 1.99. The van der Waals surface area contributed by atoms with Crippen LogP contribution in [0.5, 0.6) is 0 Å². The van der Waals surface area contributed by atoms with Crippen LogP contribution in [0.25, 0.3) is 5.69 Å². The van der Waals surface area contributed by atoms with Crippen molar-refractivity contribution < 1.29 is 4.79 Å². The van der Waals surface area contributed by atoms with Crippen molar-refractivity contribution >= 4 is 11.6 Å². The second kappa shape index (κ2) is 4.92. The largest absolute Gasteiger partial charge is 0.319 e. The minimum atomic E-state index is -0.193. The molecule has 1 amide bonds. The molecule has 0 atom stereocenters. The molecule has 3 rings (SSSR count). The van der Waals surface area contributed by atoms with Crippen molar-refractivity contribution in [1.82, 2.24) is 30.0 Å². The fourth-order valence-corrected chi connectivity index (χ4v) is 1.73. The molecule has 2 heterocycles. The summed E-state index contributed by atoms with van der Waals surface area (Å²) in [5.74, 6) is -0.193. The number of benzene rings is 1. The van der Waals surface area contributed by atoms with Crippen molar-refractivity contribution in [3.8, 4) is 5.69 Å². The Bertz CT molecular complexity index is 715. The molecule has 1 aromatic carbocycles. The standard InChI is InChI=1S/C12H11N7O/c1-18-7-10(6-14-18)15-12(20)9-2-4-11(5-3-9)19-8-13-16-17-19/h2-8H,1H3,(H,15,20). The highest BCUT2D eigenvalue weighted by Gasteiger charge is 2.07. The Morgan fingerprint density at radius 1 is 1.25 bits per heavy atom. The Hall–Kier alpha value is -3.03. The highest BCUT2D eigenvalue weighted by molar-refractivity contribution is 6.04. The number of amides is 1. The van der Waals surface area contributed by atoms with Crippen LogP contribution in [0.1, 0.15) is 10.4 Å². The molecule has 0 saturated carbocycles. The SMILES string of the molecule is Cn1cc(NC(=O)c2ccc(-n3cnnn3)cc2)cn1. The van der Waals surface area contributed by atoms with Crippen LogP contribution >= 0.6 is 0 Å². The summed E-state index contributed by atoms with van der Waals surface area (Å²) in [6.07, 6.45) is 4.81. The van der Waals surface area contributed by atoms with E-state index in [9.17, 15) is 4.79 Å². The van der Waals surface area contributed by atoms with Gasteiger partial charge in [-0.05, 0) is 34.7 Å². The van der Waals surface area contributed by atoms with Crippen molar-refractivity contribution in [2.45, 2.75) is 0 Å². The first-order valence-electron chi connectivity index (χ1n) is 5.86. The number of tetrazole rings is 1. The summed E-state index contributed by atoms with van der Waals surface area (Å²) < 4.78 is 3.14. The number of anilines is 1. The number of nitrogens with one attached hydrogen (secondary N) is 1. The van der Waals surface area contributed by atoms with Crippen molar-refractivity contribution in [2.24, 2.45) is 7.05 Å². The van der Waals surface area contributed by atoms with Gasteiger partial charge in [0.15, 0.2) is 0 Å². The summed E-state index contributed by atoms with van der Waals surface area (Å²) in [5, 5.41) is 17.6. The smallest absolute Gasteiger partial charge is 0.255 e. The summed E-state index contributed by atoms with van der Waals surface area (Å²) >= 11 is 0.